The fourth-order valence-corrected chi connectivity index (χ4v) is 1.97. The molecule has 1 aliphatic rings. The molecule has 0 radical (unpaired) electrons. The molecule has 0 aliphatic carbocycles. The van der Waals surface area contributed by atoms with Gasteiger partial charge in [0.25, 0.3) is 0 Å². The second-order valence-electron chi connectivity index (χ2n) is 4.14. The molecule has 0 saturated heterocycles. The van der Waals surface area contributed by atoms with E-state index in [9.17, 15) is 18.0 Å². The lowest BCUT2D eigenvalue weighted by Gasteiger charge is -2.20. The molecule has 2 heterocycles. The maximum Gasteiger partial charge on any atom is 0.434 e. The third-order valence-electron chi connectivity index (χ3n) is 2.81. The number of carbonyl (C=O) groups is 1. The topological polar surface area (TPSA) is 51.2 Å². The Hall–Kier alpha value is -1.34. The van der Waals surface area contributed by atoms with Gasteiger partial charge in [0.1, 0.15) is 0 Å². The van der Waals surface area contributed by atoms with E-state index in [-0.39, 0.29) is 19.0 Å². The van der Waals surface area contributed by atoms with E-state index in [0.29, 0.717) is 30.8 Å². The van der Waals surface area contributed by atoms with Gasteiger partial charge in [-0.25, -0.2) is 9.78 Å². The van der Waals surface area contributed by atoms with Gasteiger partial charge >= 0.3 is 12.1 Å². The summed E-state index contributed by atoms with van der Waals surface area (Å²) in [5.74, 6) is -0.990. The number of alkyl halides is 3. The van der Waals surface area contributed by atoms with E-state index >= 15 is 0 Å². The van der Waals surface area contributed by atoms with Crippen molar-refractivity contribution in [3.8, 4) is 0 Å². The lowest BCUT2D eigenvalue weighted by Crippen LogP contribution is -2.27. The predicted molar refractivity (Wildman–Crippen MR) is 67.9 cm³/mol. The van der Waals surface area contributed by atoms with Crippen LogP contribution in [0.1, 0.15) is 34.2 Å². The van der Waals surface area contributed by atoms with E-state index < -0.39 is 23.4 Å². The van der Waals surface area contributed by atoms with Crippen LogP contribution in [0.4, 0.5) is 13.2 Å². The van der Waals surface area contributed by atoms with Crippen molar-refractivity contribution in [3.05, 3.63) is 28.6 Å². The van der Waals surface area contributed by atoms with E-state index in [1.54, 1.807) is 6.92 Å². The molecule has 1 N–H and O–H groups in total. The summed E-state index contributed by atoms with van der Waals surface area (Å²) in [6.45, 7) is 2.55. The largest absolute Gasteiger partial charge is 0.462 e. The third kappa shape index (κ3) is 3.40. The van der Waals surface area contributed by atoms with Crippen LogP contribution in [0.2, 0.25) is 0 Å². The molecular formula is C12H14ClF3N2O2. The van der Waals surface area contributed by atoms with Gasteiger partial charge in [-0.3, -0.25) is 0 Å². The van der Waals surface area contributed by atoms with Gasteiger partial charge in [-0.05, 0) is 18.6 Å². The van der Waals surface area contributed by atoms with E-state index in [0.717, 1.165) is 0 Å². The minimum atomic E-state index is -4.66. The second-order valence-corrected chi connectivity index (χ2v) is 4.14. The highest BCUT2D eigenvalue weighted by Crippen LogP contribution is 2.32. The molecule has 0 atom stereocenters. The Labute approximate surface area is 120 Å². The average molecular weight is 311 g/mol. The van der Waals surface area contributed by atoms with Crippen molar-refractivity contribution in [1.82, 2.24) is 10.3 Å². The Balaban J connectivity index is 0.00000200. The maximum atomic E-state index is 12.9. The number of aromatic nitrogens is 1. The van der Waals surface area contributed by atoms with Crippen molar-refractivity contribution in [2.45, 2.75) is 26.1 Å². The monoisotopic (exact) mass is 310 g/mol. The van der Waals surface area contributed by atoms with Gasteiger partial charge < -0.3 is 10.1 Å². The number of hydrogen-bond acceptors (Lipinski definition) is 4. The van der Waals surface area contributed by atoms with Crippen LogP contribution < -0.4 is 5.32 Å². The number of carbonyl (C=O) groups excluding carboxylic acids is 1. The lowest BCUT2D eigenvalue weighted by molar-refractivity contribution is -0.141. The van der Waals surface area contributed by atoms with E-state index in [1.807, 2.05) is 0 Å². The van der Waals surface area contributed by atoms with Crippen molar-refractivity contribution in [2.24, 2.45) is 0 Å². The first-order valence-electron chi connectivity index (χ1n) is 5.91. The molecule has 0 bridgehead atoms. The Morgan fingerprint density at radius 2 is 2.20 bits per heavy atom. The highest BCUT2D eigenvalue weighted by molar-refractivity contribution is 5.91. The Morgan fingerprint density at radius 1 is 1.50 bits per heavy atom. The second kappa shape index (κ2) is 6.41. The Morgan fingerprint density at radius 3 is 2.80 bits per heavy atom. The molecule has 20 heavy (non-hydrogen) atoms. The van der Waals surface area contributed by atoms with Crippen molar-refractivity contribution in [3.63, 3.8) is 0 Å². The molecule has 0 amide bonds. The van der Waals surface area contributed by atoms with Crippen LogP contribution in [-0.4, -0.2) is 24.1 Å². The van der Waals surface area contributed by atoms with Gasteiger partial charge in [0.05, 0.1) is 12.2 Å². The van der Waals surface area contributed by atoms with Crippen LogP contribution in [0.25, 0.3) is 0 Å². The summed E-state index contributed by atoms with van der Waals surface area (Å²) in [7, 11) is 0. The minimum absolute atomic E-state index is 0. The summed E-state index contributed by atoms with van der Waals surface area (Å²) in [5, 5.41) is 3.02. The molecule has 1 aromatic rings. The minimum Gasteiger partial charge on any atom is -0.462 e. The quantitative estimate of drug-likeness (QED) is 0.852. The van der Waals surface area contributed by atoms with Gasteiger partial charge in [-0.15, -0.1) is 12.4 Å². The highest BCUT2D eigenvalue weighted by atomic mass is 35.5. The van der Waals surface area contributed by atoms with Crippen molar-refractivity contribution in [1.29, 1.82) is 0 Å². The standard InChI is InChI=1S/C12H13F3N2O2.ClH/c1-2-19-11(18)8-5-7-6-16-4-3-9(7)17-10(8)12(13,14)15;/h5,16H,2-4,6H2,1H3;1H. The zero-order valence-electron chi connectivity index (χ0n) is 10.7. The van der Waals surface area contributed by atoms with Gasteiger partial charge in [0, 0.05) is 25.2 Å². The highest BCUT2D eigenvalue weighted by Gasteiger charge is 2.38. The Kier molecular flexibility index (Phi) is 5.35. The molecule has 0 spiro atoms. The molecule has 1 aliphatic heterocycles. The van der Waals surface area contributed by atoms with Crippen LogP contribution in [0.3, 0.4) is 0 Å². The molecule has 1 aromatic heterocycles. The van der Waals surface area contributed by atoms with Crippen molar-refractivity contribution < 1.29 is 22.7 Å². The van der Waals surface area contributed by atoms with Gasteiger partial charge in [-0.2, -0.15) is 13.2 Å². The molecule has 2 rings (SSSR count). The number of pyridine rings is 1. The van der Waals surface area contributed by atoms with E-state index in [1.165, 1.54) is 6.07 Å². The maximum absolute atomic E-state index is 12.9. The lowest BCUT2D eigenvalue weighted by atomic mass is 10.0. The first kappa shape index (κ1) is 16.7. The fourth-order valence-electron chi connectivity index (χ4n) is 1.97. The summed E-state index contributed by atoms with van der Waals surface area (Å²) >= 11 is 0. The fraction of sp³-hybridized carbons (Fsp3) is 0.500. The SMILES string of the molecule is CCOC(=O)c1cc2c(nc1C(F)(F)F)CCNC2.Cl. The number of hydrogen-bond donors (Lipinski definition) is 1. The summed E-state index contributed by atoms with van der Waals surface area (Å²) in [5.41, 5.74) is -0.676. The van der Waals surface area contributed by atoms with Crippen LogP contribution >= 0.6 is 12.4 Å². The average Bonchev–Trinajstić information content (AvgIpc) is 2.36. The van der Waals surface area contributed by atoms with Gasteiger partial charge in [-0.1, -0.05) is 0 Å². The molecule has 0 aromatic carbocycles. The van der Waals surface area contributed by atoms with E-state index in [4.69, 9.17) is 0 Å². The number of nitrogens with zero attached hydrogens (tertiary/aromatic N) is 1. The normalized spacial score (nSPS) is 14.2. The van der Waals surface area contributed by atoms with Crippen LogP contribution in [-0.2, 0) is 23.9 Å². The number of nitrogens with one attached hydrogen (secondary N) is 1. The molecular weight excluding hydrogens is 297 g/mol. The molecule has 112 valence electrons. The third-order valence-corrected chi connectivity index (χ3v) is 2.81. The van der Waals surface area contributed by atoms with Crippen molar-refractivity contribution >= 4 is 18.4 Å². The van der Waals surface area contributed by atoms with Crippen LogP contribution in [0.15, 0.2) is 6.07 Å². The molecule has 8 heteroatoms. The van der Waals surface area contributed by atoms with Crippen LogP contribution in [0, 0.1) is 0 Å². The van der Waals surface area contributed by atoms with Gasteiger partial charge in [0.2, 0.25) is 0 Å². The van der Waals surface area contributed by atoms with Crippen LogP contribution in [0.5, 0.6) is 0 Å². The number of halogens is 4. The molecule has 4 nitrogen and oxygen atoms in total. The predicted octanol–water partition coefficient (Wildman–Crippen LogP) is 2.34. The van der Waals surface area contributed by atoms with Crippen molar-refractivity contribution in [2.75, 3.05) is 13.2 Å². The zero-order valence-corrected chi connectivity index (χ0v) is 11.5. The number of rotatable bonds is 2. The number of ether oxygens (including phenoxy) is 1. The summed E-state index contributed by atoms with van der Waals surface area (Å²) in [6.07, 6.45) is -4.25. The zero-order chi connectivity index (χ0) is 14.0. The Bertz CT molecular complexity index is 506. The molecule has 0 saturated carbocycles. The molecule has 0 fully saturated rings. The van der Waals surface area contributed by atoms with Gasteiger partial charge in [0.15, 0.2) is 5.69 Å². The number of esters is 1. The molecule has 0 unspecified atom stereocenters. The van der Waals surface area contributed by atoms with E-state index in [2.05, 4.69) is 15.0 Å². The summed E-state index contributed by atoms with van der Waals surface area (Å²) in [6, 6.07) is 1.23. The number of fused-ring (bicyclic) bond motifs is 1. The summed E-state index contributed by atoms with van der Waals surface area (Å²) in [4.78, 5) is 15.2. The first-order chi connectivity index (χ1) is 8.93. The smallest absolute Gasteiger partial charge is 0.434 e. The summed E-state index contributed by atoms with van der Waals surface area (Å²) < 4.78 is 43.5. The first-order valence-corrected chi connectivity index (χ1v) is 5.91.